The zero-order chi connectivity index (χ0) is 22.0. The molecule has 1 aromatic carbocycles. The first kappa shape index (κ1) is 24.6. The molecule has 1 aromatic rings. The summed E-state index contributed by atoms with van der Waals surface area (Å²) in [5, 5.41) is 0. The Morgan fingerprint density at radius 3 is 2.03 bits per heavy atom. The molecule has 0 saturated carbocycles. The molecule has 5 atom stereocenters. The van der Waals surface area contributed by atoms with Crippen LogP contribution in [-0.2, 0) is 28.6 Å². The monoisotopic (exact) mass is 408 g/mol. The van der Waals surface area contributed by atoms with E-state index in [-0.39, 0.29) is 12.5 Å². The number of aldehydes is 1. The van der Waals surface area contributed by atoms with Crippen molar-refractivity contribution in [2.75, 3.05) is 13.2 Å². The Bertz CT molecular complexity index is 656. The highest BCUT2D eigenvalue weighted by molar-refractivity contribution is 5.68. The van der Waals surface area contributed by atoms with Gasteiger partial charge in [0.2, 0.25) is 0 Å². The largest absolute Gasteiger partial charge is 0.490 e. The number of hydrogen-bond donors (Lipinski definition) is 0. The highest BCUT2D eigenvalue weighted by atomic mass is 16.6. The highest BCUT2D eigenvalue weighted by Gasteiger charge is 2.41. The molecule has 29 heavy (non-hydrogen) atoms. The van der Waals surface area contributed by atoms with Crippen LogP contribution < -0.4 is 4.74 Å². The quantitative estimate of drug-likeness (QED) is 0.388. The molecule has 4 unspecified atom stereocenters. The summed E-state index contributed by atoms with van der Waals surface area (Å²) in [6.45, 7) is 10.6. The van der Waals surface area contributed by atoms with Crippen molar-refractivity contribution in [2.24, 2.45) is 11.8 Å². The maximum atomic E-state index is 12.0. The summed E-state index contributed by atoms with van der Waals surface area (Å²) in [6.07, 6.45) is -1.82. The van der Waals surface area contributed by atoms with Crippen LogP contribution >= 0.6 is 0 Å². The predicted molar refractivity (Wildman–Crippen MR) is 108 cm³/mol. The number of carbonyl (C=O) groups is 3. The van der Waals surface area contributed by atoms with Crippen molar-refractivity contribution >= 4 is 18.2 Å². The van der Waals surface area contributed by atoms with Crippen LogP contribution in [0.1, 0.15) is 40.2 Å². The lowest BCUT2D eigenvalue weighted by molar-refractivity contribution is -0.179. The van der Waals surface area contributed by atoms with Gasteiger partial charge in [0.1, 0.15) is 24.2 Å². The molecular weight excluding hydrogens is 376 g/mol. The van der Waals surface area contributed by atoms with Crippen molar-refractivity contribution in [3.05, 3.63) is 29.8 Å². The van der Waals surface area contributed by atoms with E-state index in [2.05, 4.69) is 0 Å². The Morgan fingerprint density at radius 2 is 1.55 bits per heavy atom. The molecule has 0 bridgehead atoms. The molecule has 0 aromatic heterocycles. The maximum Gasteiger partial charge on any atom is 0.303 e. The van der Waals surface area contributed by atoms with Gasteiger partial charge in [-0.2, -0.15) is 0 Å². The zero-order valence-electron chi connectivity index (χ0n) is 18.0. The van der Waals surface area contributed by atoms with Crippen LogP contribution in [0.25, 0.3) is 0 Å². The fourth-order valence-electron chi connectivity index (χ4n) is 3.02. The van der Waals surface area contributed by atoms with Gasteiger partial charge in [0.05, 0.1) is 12.5 Å². The summed E-state index contributed by atoms with van der Waals surface area (Å²) in [5.74, 6) is -1.69. The molecule has 0 aliphatic heterocycles. The Hall–Kier alpha value is -2.41. The maximum absolute atomic E-state index is 12.0. The molecule has 0 heterocycles. The molecule has 7 heteroatoms. The Balaban J connectivity index is 3.15. The van der Waals surface area contributed by atoms with E-state index in [1.54, 1.807) is 19.1 Å². The van der Waals surface area contributed by atoms with Gasteiger partial charge in [-0.25, -0.2) is 0 Å². The first-order valence-electron chi connectivity index (χ1n) is 9.80. The minimum atomic E-state index is -1.01. The third-order valence-corrected chi connectivity index (χ3v) is 4.50. The Kier molecular flexibility index (Phi) is 10.4. The number of ether oxygens (including phenoxy) is 4. The summed E-state index contributed by atoms with van der Waals surface area (Å²) in [5.41, 5.74) is 1.08. The lowest BCUT2D eigenvalue weighted by Gasteiger charge is -2.35. The molecule has 0 spiro atoms. The van der Waals surface area contributed by atoms with E-state index in [9.17, 15) is 14.4 Å². The number of hydrogen-bond acceptors (Lipinski definition) is 7. The smallest absolute Gasteiger partial charge is 0.303 e. The van der Waals surface area contributed by atoms with Crippen LogP contribution in [0.15, 0.2) is 24.3 Å². The lowest BCUT2D eigenvalue weighted by Crippen LogP contribution is -2.49. The number of carbonyl (C=O) groups excluding carboxylic acids is 3. The van der Waals surface area contributed by atoms with Crippen LogP contribution in [0.3, 0.4) is 0 Å². The van der Waals surface area contributed by atoms with Crippen molar-refractivity contribution in [2.45, 2.75) is 59.9 Å². The van der Waals surface area contributed by atoms with Crippen molar-refractivity contribution in [1.82, 2.24) is 0 Å². The minimum absolute atomic E-state index is 0.283. The average molecular weight is 408 g/mol. The summed E-state index contributed by atoms with van der Waals surface area (Å²) in [4.78, 5) is 35.5. The van der Waals surface area contributed by atoms with E-state index in [1.165, 1.54) is 13.8 Å². The van der Waals surface area contributed by atoms with Gasteiger partial charge in [-0.3, -0.25) is 9.59 Å². The molecule has 0 radical (unpaired) electrons. The van der Waals surface area contributed by atoms with Crippen LogP contribution in [0.4, 0.5) is 0 Å². The number of rotatable bonds is 12. The third kappa shape index (κ3) is 8.23. The van der Waals surface area contributed by atoms with E-state index in [1.807, 2.05) is 32.9 Å². The molecule has 0 aliphatic rings. The van der Waals surface area contributed by atoms with Gasteiger partial charge in [0.25, 0.3) is 0 Å². The van der Waals surface area contributed by atoms with Gasteiger partial charge in [0, 0.05) is 26.4 Å². The first-order chi connectivity index (χ1) is 13.7. The number of benzene rings is 1. The molecule has 0 fully saturated rings. The molecule has 0 amide bonds. The van der Waals surface area contributed by atoms with E-state index in [4.69, 9.17) is 18.9 Å². The molecular formula is C22H32O7. The fraction of sp³-hybridized carbons (Fsp3) is 0.591. The molecule has 0 N–H and O–H groups in total. The van der Waals surface area contributed by atoms with E-state index < -0.39 is 36.2 Å². The number of aryl methyl sites for hydroxylation is 1. The van der Waals surface area contributed by atoms with Gasteiger partial charge in [-0.05, 0) is 32.9 Å². The fourth-order valence-corrected chi connectivity index (χ4v) is 3.02. The standard InChI is InChI=1S/C22H32O7/c1-7-26-13-15(3)21(28-17(5)24)22(29-18(6)25)20(12-23)16(4)27-19-10-8-14(2)9-11-19/h8-12,15-16,20-22H,7,13H2,1-6H3/t15?,16?,20-,21?,22?/m0/s1. The van der Waals surface area contributed by atoms with E-state index >= 15 is 0 Å². The zero-order valence-corrected chi connectivity index (χ0v) is 18.0. The molecule has 0 saturated heterocycles. The SMILES string of the molecule is CCOCC(C)C(OC(C)=O)C(OC(C)=O)[C@@H](C=O)C(C)Oc1ccc(C)cc1. The third-order valence-electron chi connectivity index (χ3n) is 4.50. The summed E-state index contributed by atoms with van der Waals surface area (Å²) >= 11 is 0. The van der Waals surface area contributed by atoms with Crippen molar-refractivity contribution in [3.63, 3.8) is 0 Å². The van der Waals surface area contributed by atoms with Gasteiger partial charge in [-0.15, -0.1) is 0 Å². The summed E-state index contributed by atoms with van der Waals surface area (Å²) in [7, 11) is 0. The van der Waals surface area contributed by atoms with Gasteiger partial charge in [0.15, 0.2) is 6.10 Å². The summed E-state index contributed by atoms with van der Waals surface area (Å²) < 4.78 is 22.3. The topological polar surface area (TPSA) is 88.1 Å². The molecule has 0 aliphatic carbocycles. The first-order valence-corrected chi connectivity index (χ1v) is 9.80. The van der Waals surface area contributed by atoms with E-state index in [0.29, 0.717) is 18.6 Å². The average Bonchev–Trinajstić information content (AvgIpc) is 2.65. The van der Waals surface area contributed by atoms with Gasteiger partial charge >= 0.3 is 11.9 Å². The lowest BCUT2D eigenvalue weighted by atomic mass is 9.88. The van der Waals surface area contributed by atoms with Crippen LogP contribution in [0.2, 0.25) is 0 Å². The van der Waals surface area contributed by atoms with Crippen molar-refractivity contribution in [1.29, 1.82) is 0 Å². The second-order valence-corrected chi connectivity index (χ2v) is 7.13. The summed E-state index contributed by atoms with van der Waals surface area (Å²) in [6, 6.07) is 7.40. The van der Waals surface area contributed by atoms with Crippen molar-refractivity contribution in [3.8, 4) is 5.75 Å². The van der Waals surface area contributed by atoms with Gasteiger partial charge in [-0.1, -0.05) is 24.6 Å². The van der Waals surface area contributed by atoms with Crippen LogP contribution in [0.5, 0.6) is 5.75 Å². The number of esters is 2. The van der Waals surface area contributed by atoms with Crippen LogP contribution in [0, 0.1) is 18.8 Å². The second-order valence-electron chi connectivity index (χ2n) is 7.13. The Labute approximate surface area is 172 Å². The predicted octanol–water partition coefficient (Wildman–Crippen LogP) is 3.11. The van der Waals surface area contributed by atoms with Crippen molar-refractivity contribution < 1.29 is 33.3 Å². The Morgan fingerprint density at radius 1 is 1.00 bits per heavy atom. The molecule has 162 valence electrons. The minimum Gasteiger partial charge on any atom is -0.490 e. The molecule has 1 rings (SSSR count). The highest BCUT2D eigenvalue weighted by Crippen LogP contribution is 2.26. The van der Waals surface area contributed by atoms with E-state index in [0.717, 1.165) is 5.56 Å². The normalized spacial score (nSPS) is 16.1. The molecule has 7 nitrogen and oxygen atoms in total. The van der Waals surface area contributed by atoms with Crippen LogP contribution in [-0.4, -0.2) is 49.8 Å². The van der Waals surface area contributed by atoms with Gasteiger partial charge < -0.3 is 23.7 Å². The second kappa shape index (κ2) is 12.2.